The van der Waals surface area contributed by atoms with Gasteiger partial charge in [0.15, 0.2) is 0 Å². The first-order chi connectivity index (χ1) is 4.34. The SMILES string of the molecule is C=C[C@@H]1OCCC[C@H]1N. The van der Waals surface area contributed by atoms with Crippen molar-refractivity contribution in [3.63, 3.8) is 0 Å². The van der Waals surface area contributed by atoms with Crippen LogP contribution in [0.3, 0.4) is 0 Å². The van der Waals surface area contributed by atoms with Gasteiger partial charge in [-0.25, -0.2) is 0 Å². The Morgan fingerprint density at radius 1 is 1.67 bits per heavy atom. The number of ether oxygens (including phenoxy) is 1. The summed E-state index contributed by atoms with van der Waals surface area (Å²) in [6.45, 7) is 4.47. The molecule has 0 bridgehead atoms. The Balaban J connectivity index is 2.38. The van der Waals surface area contributed by atoms with E-state index in [4.69, 9.17) is 10.5 Å². The lowest BCUT2D eigenvalue weighted by atomic mass is 10.0. The van der Waals surface area contributed by atoms with Crippen LogP contribution in [0.15, 0.2) is 12.7 Å². The van der Waals surface area contributed by atoms with Gasteiger partial charge in [0.05, 0.1) is 6.10 Å². The molecule has 0 spiro atoms. The molecular weight excluding hydrogens is 114 g/mol. The zero-order valence-corrected chi connectivity index (χ0v) is 5.55. The molecule has 0 aliphatic carbocycles. The summed E-state index contributed by atoms with van der Waals surface area (Å²) in [5.74, 6) is 0. The van der Waals surface area contributed by atoms with Crippen LogP contribution in [-0.2, 0) is 4.74 Å². The molecule has 0 saturated carbocycles. The standard InChI is InChI=1S/C7H13NO/c1-2-7-6(8)4-3-5-9-7/h2,6-7H,1,3-5,8H2/t6-,7+/m1/s1. The molecule has 0 aromatic heterocycles. The van der Waals surface area contributed by atoms with Crippen LogP contribution in [0.5, 0.6) is 0 Å². The second-order valence-corrected chi connectivity index (χ2v) is 2.38. The van der Waals surface area contributed by atoms with Crippen LogP contribution < -0.4 is 5.73 Å². The van der Waals surface area contributed by atoms with Gasteiger partial charge in [0.2, 0.25) is 0 Å². The summed E-state index contributed by atoms with van der Waals surface area (Å²) in [4.78, 5) is 0. The van der Waals surface area contributed by atoms with Gasteiger partial charge >= 0.3 is 0 Å². The molecule has 2 nitrogen and oxygen atoms in total. The van der Waals surface area contributed by atoms with Gasteiger partial charge in [0, 0.05) is 12.6 Å². The zero-order valence-electron chi connectivity index (χ0n) is 5.55. The van der Waals surface area contributed by atoms with Crippen molar-refractivity contribution in [2.24, 2.45) is 5.73 Å². The minimum atomic E-state index is 0.0961. The van der Waals surface area contributed by atoms with Crippen molar-refractivity contribution < 1.29 is 4.74 Å². The molecule has 1 fully saturated rings. The second-order valence-electron chi connectivity index (χ2n) is 2.38. The average Bonchev–Trinajstić information content (AvgIpc) is 1.89. The fourth-order valence-corrected chi connectivity index (χ4v) is 1.07. The molecule has 1 heterocycles. The second kappa shape index (κ2) is 2.99. The Hall–Kier alpha value is -0.340. The summed E-state index contributed by atoms with van der Waals surface area (Å²) in [6, 6.07) is 0.177. The van der Waals surface area contributed by atoms with E-state index in [0.717, 1.165) is 19.4 Å². The maximum Gasteiger partial charge on any atom is 0.0904 e. The highest BCUT2D eigenvalue weighted by Crippen LogP contribution is 2.11. The fraction of sp³-hybridized carbons (Fsp3) is 0.714. The molecule has 0 unspecified atom stereocenters. The van der Waals surface area contributed by atoms with Gasteiger partial charge in [-0.3, -0.25) is 0 Å². The molecule has 2 heteroatoms. The summed E-state index contributed by atoms with van der Waals surface area (Å²) in [5, 5.41) is 0. The van der Waals surface area contributed by atoms with E-state index in [2.05, 4.69) is 6.58 Å². The highest BCUT2D eigenvalue weighted by atomic mass is 16.5. The van der Waals surface area contributed by atoms with Crippen molar-refractivity contribution in [3.8, 4) is 0 Å². The first-order valence-electron chi connectivity index (χ1n) is 3.34. The van der Waals surface area contributed by atoms with E-state index in [1.165, 1.54) is 0 Å². The van der Waals surface area contributed by atoms with Gasteiger partial charge in [-0.05, 0) is 12.8 Å². The molecule has 0 aromatic rings. The largest absolute Gasteiger partial charge is 0.373 e. The highest BCUT2D eigenvalue weighted by Gasteiger charge is 2.18. The van der Waals surface area contributed by atoms with E-state index in [1.54, 1.807) is 6.08 Å². The quantitative estimate of drug-likeness (QED) is 0.526. The van der Waals surface area contributed by atoms with Crippen molar-refractivity contribution in [1.29, 1.82) is 0 Å². The van der Waals surface area contributed by atoms with Gasteiger partial charge in [-0.15, -0.1) is 6.58 Å². The minimum absolute atomic E-state index is 0.0961. The Kier molecular flexibility index (Phi) is 2.25. The van der Waals surface area contributed by atoms with Crippen molar-refractivity contribution in [2.75, 3.05) is 6.61 Å². The van der Waals surface area contributed by atoms with Crippen LogP contribution in [0.2, 0.25) is 0 Å². The lowest BCUT2D eigenvalue weighted by Gasteiger charge is -2.25. The van der Waals surface area contributed by atoms with Gasteiger partial charge in [0.25, 0.3) is 0 Å². The molecule has 0 amide bonds. The lowest BCUT2D eigenvalue weighted by Crippen LogP contribution is -2.39. The summed E-state index contributed by atoms with van der Waals surface area (Å²) in [5.41, 5.74) is 5.69. The predicted molar refractivity (Wildman–Crippen MR) is 37.1 cm³/mol. The van der Waals surface area contributed by atoms with Gasteiger partial charge < -0.3 is 10.5 Å². The van der Waals surface area contributed by atoms with Crippen molar-refractivity contribution in [1.82, 2.24) is 0 Å². The summed E-state index contributed by atoms with van der Waals surface area (Å²) >= 11 is 0. The van der Waals surface area contributed by atoms with Crippen LogP contribution in [0.25, 0.3) is 0 Å². The van der Waals surface area contributed by atoms with Crippen LogP contribution >= 0.6 is 0 Å². The summed E-state index contributed by atoms with van der Waals surface area (Å²) < 4.78 is 5.30. The van der Waals surface area contributed by atoms with E-state index >= 15 is 0 Å². The van der Waals surface area contributed by atoms with Crippen molar-refractivity contribution >= 4 is 0 Å². The Bertz CT molecular complexity index is 103. The van der Waals surface area contributed by atoms with E-state index in [1.807, 2.05) is 0 Å². The molecule has 1 aliphatic rings. The maximum atomic E-state index is 5.69. The average molecular weight is 127 g/mol. The molecule has 2 atom stereocenters. The molecular formula is C7H13NO. The number of hydrogen-bond acceptors (Lipinski definition) is 2. The van der Waals surface area contributed by atoms with Crippen molar-refractivity contribution in [3.05, 3.63) is 12.7 Å². The predicted octanol–water partition coefficient (Wildman–Crippen LogP) is 0.679. The molecule has 52 valence electrons. The van der Waals surface area contributed by atoms with Crippen LogP contribution in [0.1, 0.15) is 12.8 Å². The Morgan fingerprint density at radius 3 is 2.89 bits per heavy atom. The van der Waals surface area contributed by atoms with Gasteiger partial charge in [-0.2, -0.15) is 0 Å². The molecule has 1 aliphatic heterocycles. The smallest absolute Gasteiger partial charge is 0.0904 e. The highest BCUT2D eigenvalue weighted by molar-refractivity contribution is 4.90. The lowest BCUT2D eigenvalue weighted by molar-refractivity contribution is 0.0320. The first kappa shape index (κ1) is 6.78. The van der Waals surface area contributed by atoms with E-state index in [-0.39, 0.29) is 12.1 Å². The van der Waals surface area contributed by atoms with E-state index < -0.39 is 0 Å². The van der Waals surface area contributed by atoms with Crippen LogP contribution in [0.4, 0.5) is 0 Å². The topological polar surface area (TPSA) is 35.2 Å². The van der Waals surface area contributed by atoms with Crippen molar-refractivity contribution in [2.45, 2.75) is 25.0 Å². The molecule has 1 rings (SSSR count). The third-order valence-electron chi connectivity index (χ3n) is 1.65. The van der Waals surface area contributed by atoms with E-state index in [9.17, 15) is 0 Å². The summed E-state index contributed by atoms with van der Waals surface area (Å²) in [6.07, 6.45) is 4.03. The van der Waals surface area contributed by atoms with E-state index in [0.29, 0.717) is 0 Å². The Labute approximate surface area is 55.7 Å². The molecule has 0 aromatic carbocycles. The minimum Gasteiger partial charge on any atom is -0.373 e. The first-order valence-corrected chi connectivity index (χ1v) is 3.34. The zero-order chi connectivity index (χ0) is 6.69. The number of nitrogens with two attached hydrogens (primary N) is 1. The molecule has 1 saturated heterocycles. The number of hydrogen-bond donors (Lipinski definition) is 1. The third kappa shape index (κ3) is 1.53. The molecule has 2 N–H and O–H groups in total. The van der Waals surface area contributed by atoms with Gasteiger partial charge in [-0.1, -0.05) is 6.08 Å². The van der Waals surface area contributed by atoms with Crippen LogP contribution in [-0.4, -0.2) is 18.8 Å². The molecule has 0 radical (unpaired) electrons. The summed E-state index contributed by atoms with van der Waals surface area (Å²) in [7, 11) is 0. The van der Waals surface area contributed by atoms with Crippen LogP contribution in [0, 0.1) is 0 Å². The molecule has 9 heavy (non-hydrogen) atoms. The fourth-order valence-electron chi connectivity index (χ4n) is 1.07. The third-order valence-corrected chi connectivity index (χ3v) is 1.65. The monoisotopic (exact) mass is 127 g/mol. The number of rotatable bonds is 1. The Morgan fingerprint density at radius 2 is 2.44 bits per heavy atom. The maximum absolute atomic E-state index is 5.69. The normalized spacial score (nSPS) is 36.1. The van der Waals surface area contributed by atoms with Gasteiger partial charge in [0.1, 0.15) is 0 Å².